The summed E-state index contributed by atoms with van der Waals surface area (Å²) >= 11 is 7.78. The second-order valence-electron chi connectivity index (χ2n) is 13.0. The Kier molecular flexibility index (Phi) is 8.34. The van der Waals surface area contributed by atoms with E-state index in [9.17, 15) is 29.1 Å². The van der Waals surface area contributed by atoms with E-state index in [4.69, 9.17) is 11.6 Å². The Bertz CT molecular complexity index is 1500. The molecule has 0 radical (unpaired) electrons. The number of hydrogen-bond donors (Lipinski definition) is 4. The van der Waals surface area contributed by atoms with Crippen LogP contribution < -0.4 is 16.0 Å². The highest BCUT2D eigenvalue weighted by Gasteiger charge is 2.61. The molecular formula is C31H37ClN4O6S. The lowest BCUT2D eigenvalue weighted by Gasteiger charge is -2.35. The van der Waals surface area contributed by atoms with Gasteiger partial charge in [0.05, 0.1) is 5.02 Å². The first-order chi connectivity index (χ1) is 20.2. The molecule has 10 nitrogen and oxygen atoms in total. The molecule has 0 bridgehead atoms. The standard InChI is InChI=1S/C31H37ClN4O6S/c1-5-17-14-31(17,29(41)42)35-26(38)20-13-18(33-27(39)24-23(32)19-8-6-7-9-21(19)43-24)15-36(20)28(40)25(30(2,3)4)34-22(37)12-16-10-11-16/h5-9,16-18,20,25H,1,10-15H2,2-4H3,(H,33,39)(H,34,37)(H,35,38)(H,41,42). The van der Waals surface area contributed by atoms with Crippen molar-refractivity contribution in [1.82, 2.24) is 20.9 Å². The molecule has 0 spiro atoms. The first-order valence-corrected chi connectivity index (χ1v) is 15.7. The van der Waals surface area contributed by atoms with Crippen LogP contribution in [0.15, 0.2) is 36.9 Å². The second-order valence-corrected chi connectivity index (χ2v) is 14.4. The van der Waals surface area contributed by atoms with E-state index in [1.807, 2.05) is 45.0 Å². The van der Waals surface area contributed by atoms with E-state index < -0.39 is 58.7 Å². The number of carbonyl (C=O) groups excluding carboxylic acids is 4. The van der Waals surface area contributed by atoms with E-state index in [2.05, 4.69) is 22.5 Å². The van der Waals surface area contributed by atoms with Crippen molar-refractivity contribution in [1.29, 1.82) is 0 Å². The highest BCUT2D eigenvalue weighted by atomic mass is 35.5. The zero-order valence-electron chi connectivity index (χ0n) is 24.4. The molecular weight excluding hydrogens is 592 g/mol. The number of aliphatic carboxylic acids is 1. The van der Waals surface area contributed by atoms with Crippen molar-refractivity contribution in [2.45, 2.75) is 76.5 Å². The largest absolute Gasteiger partial charge is 0.479 e. The average Bonchev–Trinajstić information content (AvgIpc) is 3.82. The van der Waals surface area contributed by atoms with Crippen LogP contribution in [0.5, 0.6) is 0 Å². The fraction of sp³-hybridized carbons (Fsp3) is 0.516. The van der Waals surface area contributed by atoms with Crippen molar-refractivity contribution in [2.75, 3.05) is 6.54 Å². The predicted octanol–water partition coefficient (Wildman–Crippen LogP) is 3.73. The molecule has 2 aliphatic carbocycles. The molecule has 5 atom stereocenters. The normalized spacial score (nSPS) is 25.6. The van der Waals surface area contributed by atoms with Crippen LogP contribution in [0.1, 0.15) is 62.5 Å². The lowest BCUT2D eigenvalue weighted by Crippen LogP contribution is -2.59. The van der Waals surface area contributed by atoms with E-state index in [0.29, 0.717) is 22.2 Å². The number of nitrogens with one attached hydrogen (secondary N) is 3. The third-order valence-electron chi connectivity index (χ3n) is 8.58. The van der Waals surface area contributed by atoms with E-state index in [0.717, 1.165) is 22.9 Å². The van der Waals surface area contributed by atoms with Gasteiger partial charge in [0.2, 0.25) is 17.7 Å². The monoisotopic (exact) mass is 628 g/mol. The highest BCUT2D eigenvalue weighted by Crippen LogP contribution is 2.45. The minimum atomic E-state index is -1.48. The molecule has 3 fully saturated rings. The number of carboxylic acid groups (broad SMARTS) is 1. The third-order valence-corrected chi connectivity index (χ3v) is 10.3. The molecule has 1 aromatic carbocycles. The minimum Gasteiger partial charge on any atom is -0.479 e. The van der Waals surface area contributed by atoms with Crippen LogP contribution in [0.2, 0.25) is 5.02 Å². The second kappa shape index (κ2) is 11.6. The van der Waals surface area contributed by atoms with Gasteiger partial charge in [-0.2, -0.15) is 0 Å². The molecule has 4 amide bonds. The van der Waals surface area contributed by atoms with Gasteiger partial charge in [0.1, 0.15) is 22.5 Å². The zero-order valence-corrected chi connectivity index (χ0v) is 26.0. The summed E-state index contributed by atoms with van der Waals surface area (Å²) < 4.78 is 0.855. The van der Waals surface area contributed by atoms with Gasteiger partial charge in [-0.3, -0.25) is 19.2 Å². The first-order valence-electron chi connectivity index (χ1n) is 14.5. The summed E-state index contributed by atoms with van der Waals surface area (Å²) in [7, 11) is 0. The van der Waals surface area contributed by atoms with Crippen LogP contribution in [-0.2, 0) is 19.2 Å². The fourth-order valence-electron chi connectivity index (χ4n) is 5.78. The molecule has 1 saturated heterocycles. The zero-order chi connectivity index (χ0) is 31.3. The number of fused-ring (bicyclic) bond motifs is 1. The van der Waals surface area contributed by atoms with Crippen LogP contribution >= 0.6 is 22.9 Å². The van der Waals surface area contributed by atoms with Gasteiger partial charge < -0.3 is 26.0 Å². The van der Waals surface area contributed by atoms with Crippen molar-refractivity contribution in [3.8, 4) is 0 Å². The number of hydrogen-bond acceptors (Lipinski definition) is 6. The fourth-order valence-corrected chi connectivity index (χ4v) is 7.20. The maximum atomic E-state index is 14.1. The molecule has 1 aliphatic heterocycles. The van der Waals surface area contributed by atoms with Gasteiger partial charge >= 0.3 is 5.97 Å². The lowest BCUT2D eigenvalue weighted by molar-refractivity contribution is -0.147. The van der Waals surface area contributed by atoms with E-state index in [1.54, 1.807) is 0 Å². The van der Waals surface area contributed by atoms with Crippen molar-refractivity contribution in [3.05, 3.63) is 46.8 Å². The molecule has 3 aliphatic rings. The number of thiophene rings is 1. The van der Waals surface area contributed by atoms with Gasteiger partial charge in [-0.05, 0) is 43.1 Å². The topological polar surface area (TPSA) is 145 Å². The van der Waals surface area contributed by atoms with Crippen LogP contribution in [-0.4, -0.2) is 69.8 Å². The summed E-state index contributed by atoms with van der Waals surface area (Å²) in [6.45, 7) is 9.17. The third kappa shape index (κ3) is 6.28. The molecule has 43 heavy (non-hydrogen) atoms. The SMILES string of the molecule is C=CC1CC1(NC(=O)C1CC(NC(=O)c2sc3ccccc3c2Cl)CN1C(=O)C(NC(=O)CC1CC1)C(C)(C)C)C(=O)O. The molecule has 2 aromatic rings. The molecule has 2 heterocycles. The van der Waals surface area contributed by atoms with Crippen molar-refractivity contribution >= 4 is 62.6 Å². The Morgan fingerprint density at radius 3 is 2.49 bits per heavy atom. The number of halogens is 1. The maximum Gasteiger partial charge on any atom is 0.330 e. The highest BCUT2D eigenvalue weighted by molar-refractivity contribution is 7.21. The minimum absolute atomic E-state index is 0.00120. The Morgan fingerprint density at radius 1 is 1.21 bits per heavy atom. The van der Waals surface area contributed by atoms with Crippen LogP contribution in [0.3, 0.4) is 0 Å². The van der Waals surface area contributed by atoms with E-state index in [1.165, 1.54) is 22.3 Å². The maximum absolute atomic E-state index is 14.1. The van der Waals surface area contributed by atoms with Gasteiger partial charge in [0.15, 0.2) is 0 Å². The van der Waals surface area contributed by atoms with E-state index >= 15 is 0 Å². The number of likely N-dealkylation sites (tertiary alicyclic amines) is 1. The number of benzene rings is 1. The molecule has 1 aromatic heterocycles. The Hall–Kier alpha value is -3.44. The van der Waals surface area contributed by atoms with Crippen molar-refractivity contribution in [2.24, 2.45) is 17.3 Å². The van der Waals surface area contributed by atoms with E-state index in [-0.39, 0.29) is 25.3 Å². The summed E-state index contributed by atoms with van der Waals surface area (Å²) in [6, 6.07) is 4.78. The van der Waals surface area contributed by atoms with Gasteiger partial charge in [-0.15, -0.1) is 17.9 Å². The number of carboxylic acids is 1. The quantitative estimate of drug-likeness (QED) is 0.295. The molecule has 2 saturated carbocycles. The van der Waals surface area contributed by atoms with Gasteiger partial charge in [-0.25, -0.2) is 4.79 Å². The molecule has 5 unspecified atom stereocenters. The summed E-state index contributed by atoms with van der Waals surface area (Å²) in [4.78, 5) is 67.7. The van der Waals surface area contributed by atoms with Crippen LogP contribution in [0.4, 0.5) is 0 Å². The number of carbonyl (C=O) groups is 5. The lowest BCUT2D eigenvalue weighted by atomic mass is 9.85. The van der Waals surface area contributed by atoms with Crippen LogP contribution in [0.25, 0.3) is 10.1 Å². The Labute approximate surface area is 259 Å². The molecule has 4 N–H and O–H groups in total. The van der Waals surface area contributed by atoms with Crippen molar-refractivity contribution in [3.63, 3.8) is 0 Å². The summed E-state index contributed by atoms with van der Waals surface area (Å²) in [5, 5.41) is 19.4. The Balaban J connectivity index is 1.39. The Morgan fingerprint density at radius 2 is 1.91 bits per heavy atom. The summed E-state index contributed by atoms with van der Waals surface area (Å²) in [5.41, 5.74) is -2.17. The number of amides is 4. The molecule has 230 valence electrons. The first kappa shape index (κ1) is 31.0. The van der Waals surface area contributed by atoms with Gasteiger partial charge in [0.25, 0.3) is 5.91 Å². The van der Waals surface area contributed by atoms with Gasteiger partial charge in [0, 0.05) is 35.0 Å². The molecule has 5 rings (SSSR count). The summed E-state index contributed by atoms with van der Waals surface area (Å²) in [5.74, 6) is -3.03. The number of rotatable bonds is 10. The average molecular weight is 629 g/mol. The summed E-state index contributed by atoms with van der Waals surface area (Å²) in [6.07, 6.45) is 4.06. The van der Waals surface area contributed by atoms with Crippen molar-refractivity contribution < 1.29 is 29.1 Å². The molecule has 12 heteroatoms. The smallest absolute Gasteiger partial charge is 0.330 e. The van der Waals surface area contributed by atoms with Crippen LogP contribution in [0, 0.1) is 17.3 Å². The predicted molar refractivity (Wildman–Crippen MR) is 164 cm³/mol. The number of nitrogens with zero attached hydrogens (tertiary/aromatic N) is 1. The van der Waals surface area contributed by atoms with Gasteiger partial charge in [-0.1, -0.05) is 56.6 Å².